The summed E-state index contributed by atoms with van der Waals surface area (Å²) in [4.78, 5) is 22.5. The molecule has 3 aromatic rings. The van der Waals surface area contributed by atoms with Crippen LogP contribution < -0.4 is 5.32 Å². The largest absolute Gasteiger partial charge is 0.295 e. The van der Waals surface area contributed by atoms with Crippen LogP contribution in [0.3, 0.4) is 0 Å². The zero-order valence-corrected chi connectivity index (χ0v) is 14.2. The molecular weight excluding hydrogens is 322 g/mol. The highest BCUT2D eigenvalue weighted by atomic mass is 16.2. The average Bonchev–Trinajstić information content (AvgIpc) is 2.71. The van der Waals surface area contributed by atoms with Crippen LogP contribution in [0.2, 0.25) is 0 Å². The van der Waals surface area contributed by atoms with Gasteiger partial charge < -0.3 is 0 Å². The molecule has 3 nitrogen and oxygen atoms in total. The molecule has 0 unspecified atom stereocenters. The van der Waals surface area contributed by atoms with E-state index in [0.29, 0.717) is 6.41 Å². The molecule has 2 amide bonds. The van der Waals surface area contributed by atoms with E-state index in [2.05, 4.69) is 5.32 Å². The molecule has 0 atom stereocenters. The van der Waals surface area contributed by atoms with Gasteiger partial charge in [-0.1, -0.05) is 97.1 Å². The Morgan fingerprint density at radius 1 is 0.692 bits per heavy atom. The Morgan fingerprint density at radius 3 is 1.42 bits per heavy atom. The normalized spacial score (nSPS) is 11.2. The van der Waals surface area contributed by atoms with Crippen molar-refractivity contribution >= 4 is 12.3 Å². The summed E-state index contributed by atoms with van der Waals surface area (Å²) in [5, 5.41) is 2.17. The number of nitrogens with one attached hydrogen (secondary N) is 1. The Labute approximate surface area is 153 Å². The highest BCUT2D eigenvalue weighted by Crippen LogP contribution is 2.40. The van der Waals surface area contributed by atoms with Crippen molar-refractivity contribution in [1.29, 1.82) is 0 Å². The van der Waals surface area contributed by atoms with Crippen molar-refractivity contribution in [2.24, 2.45) is 0 Å². The number of benzene rings is 3. The number of carbonyl (C=O) groups is 2. The highest BCUT2D eigenvalue weighted by molar-refractivity contribution is 5.94. The predicted molar refractivity (Wildman–Crippen MR) is 103 cm³/mol. The molecule has 26 heavy (non-hydrogen) atoms. The SMILES string of the molecule is O=CNC(=O)C=CC(c1ccccc1)(c1ccccc1)c1ccccc1. The van der Waals surface area contributed by atoms with Gasteiger partial charge in [-0.25, -0.2) is 0 Å². The lowest BCUT2D eigenvalue weighted by Gasteiger charge is -2.33. The van der Waals surface area contributed by atoms with Gasteiger partial charge >= 0.3 is 0 Å². The van der Waals surface area contributed by atoms with Crippen molar-refractivity contribution in [3.05, 3.63) is 120 Å². The van der Waals surface area contributed by atoms with Gasteiger partial charge in [-0.2, -0.15) is 0 Å². The number of carbonyl (C=O) groups excluding carboxylic acids is 2. The molecule has 0 heterocycles. The zero-order valence-electron chi connectivity index (χ0n) is 14.2. The number of hydrogen-bond acceptors (Lipinski definition) is 2. The first-order valence-corrected chi connectivity index (χ1v) is 8.37. The first-order chi connectivity index (χ1) is 12.8. The van der Waals surface area contributed by atoms with Gasteiger partial charge in [0.25, 0.3) is 0 Å². The summed E-state index contributed by atoms with van der Waals surface area (Å²) in [6.45, 7) is 0. The third-order valence-electron chi connectivity index (χ3n) is 4.37. The monoisotopic (exact) mass is 341 g/mol. The Morgan fingerprint density at radius 2 is 1.08 bits per heavy atom. The fourth-order valence-corrected chi connectivity index (χ4v) is 3.20. The van der Waals surface area contributed by atoms with Crippen LogP contribution in [0.15, 0.2) is 103 Å². The van der Waals surface area contributed by atoms with Crippen molar-refractivity contribution in [1.82, 2.24) is 5.32 Å². The standard InChI is InChI=1S/C23H19NO2/c25-18-24-22(26)16-17-23(19-10-4-1-5-11-19,20-12-6-2-7-13-20)21-14-8-3-9-15-21/h1-18H,(H,24,25,26). The van der Waals surface area contributed by atoms with Crippen molar-refractivity contribution in [3.63, 3.8) is 0 Å². The van der Waals surface area contributed by atoms with E-state index in [0.717, 1.165) is 16.7 Å². The molecule has 0 radical (unpaired) electrons. The van der Waals surface area contributed by atoms with E-state index < -0.39 is 11.3 Å². The van der Waals surface area contributed by atoms with E-state index in [4.69, 9.17) is 0 Å². The van der Waals surface area contributed by atoms with Crippen LogP contribution in [0.4, 0.5) is 0 Å². The number of hydrogen-bond donors (Lipinski definition) is 1. The summed E-state index contributed by atoms with van der Waals surface area (Å²) in [7, 11) is 0. The predicted octanol–water partition coefficient (Wildman–Crippen LogP) is 3.85. The summed E-state index contributed by atoms with van der Waals surface area (Å²) in [6.07, 6.45) is 3.66. The second-order valence-electron chi connectivity index (χ2n) is 5.87. The molecule has 0 saturated heterocycles. The van der Waals surface area contributed by atoms with E-state index in [9.17, 15) is 9.59 Å². The molecule has 128 valence electrons. The van der Waals surface area contributed by atoms with Gasteiger partial charge in [-0.3, -0.25) is 14.9 Å². The van der Waals surface area contributed by atoms with Crippen LogP contribution in [0, 0.1) is 0 Å². The third kappa shape index (κ3) is 3.47. The van der Waals surface area contributed by atoms with Crippen LogP contribution in [0.5, 0.6) is 0 Å². The van der Waals surface area contributed by atoms with Gasteiger partial charge in [0, 0.05) is 6.08 Å². The minimum absolute atomic E-state index is 0.391. The summed E-state index contributed by atoms with van der Waals surface area (Å²) in [5.41, 5.74) is 2.46. The molecule has 0 saturated carbocycles. The molecule has 3 aromatic carbocycles. The Hall–Kier alpha value is -3.46. The molecule has 0 aliphatic heterocycles. The first-order valence-electron chi connectivity index (χ1n) is 8.37. The van der Waals surface area contributed by atoms with Crippen molar-refractivity contribution in [2.75, 3.05) is 0 Å². The second-order valence-corrected chi connectivity index (χ2v) is 5.87. The number of allylic oxidation sites excluding steroid dienone is 1. The maximum Gasteiger partial charge on any atom is 0.250 e. The number of rotatable bonds is 6. The van der Waals surface area contributed by atoms with Crippen LogP contribution in [0.25, 0.3) is 0 Å². The lowest BCUT2D eigenvalue weighted by Crippen LogP contribution is -2.28. The average molecular weight is 341 g/mol. The van der Waals surface area contributed by atoms with E-state index in [1.54, 1.807) is 0 Å². The summed E-state index contributed by atoms with van der Waals surface area (Å²) >= 11 is 0. The minimum atomic E-state index is -0.649. The van der Waals surface area contributed by atoms with Crippen LogP contribution in [-0.4, -0.2) is 12.3 Å². The van der Waals surface area contributed by atoms with Crippen LogP contribution >= 0.6 is 0 Å². The Bertz CT molecular complexity index is 791. The molecule has 3 rings (SSSR count). The smallest absolute Gasteiger partial charge is 0.250 e. The van der Waals surface area contributed by atoms with Gasteiger partial charge in [0.15, 0.2) is 0 Å². The lowest BCUT2D eigenvalue weighted by atomic mass is 9.69. The maximum absolute atomic E-state index is 12.0. The molecular formula is C23H19NO2. The van der Waals surface area contributed by atoms with E-state index in [-0.39, 0.29) is 0 Å². The van der Waals surface area contributed by atoms with Gasteiger partial charge in [0.05, 0.1) is 5.41 Å². The lowest BCUT2D eigenvalue weighted by molar-refractivity contribution is -0.121. The van der Waals surface area contributed by atoms with E-state index >= 15 is 0 Å². The van der Waals surface area contributed by atoms with Gasteiger partial charge in [-0.05, 0) is 16.7 Å². The van der Waals surface area contributed by atoms with Crippen molar-refractivity contribution in [2.45, 2.75) is 5.41 Å². The number of amides is 2. The first kappa shape index (κ1) is 17.4. The fraction of sp³-hybridized carbons (Fsp3) is 0.0435. The molecule has 0 fully saturated rings. The fourth-order valence-electron chi connectivity index (χ4n) is 3.20. The van der Waals surface area contributed by atoms with Crippen molar-refractivity contribution < 1.29 is 9.59 Å². The molecule has 3 heteroatoms. The molecule has 0 aromatic heterocycles. The van der Waals surface area contributed by atoms with E-state index in [1.165, 1.54) is 6.08 Å². The third-order valence-corrected chi connectivity index (χ3v) is 4.37. The highest BCUT2D eigenvalue weighted by Gasteiger charge is 2.33. The van der Waals surface area contributed by atoms with Gasteiger partial charge in [0.2, 0.25) is 12.3 Å². The maximum atomic E-state index is 12.0. The minimum Gasteiger partial charge on any atom is -0.295 e. The van der Waals surface area contributed by atoms with Crippen molar-refractivity contribution in [3.8, 4) is 0 Å². The van der Waals surface area contributed by atoms with Gasteiger partial charge in [0.1, 0.15) is 0 Å². The molecule has 0 bridgehead atoms. The van der Waals surface area contributed by atoms with Gasteiger partial charge in [-0.15, -0.1) is 0 Å². The van der Waals surface area contributed by atoms with E-state index in [1.807, 2.05) is 97.1 Å². The zero-order chi connectivity index (χ0) is 18.2. The summed E-state index contributed by atoms with van der Waals surface area (Å²) in [6, 6.07) is 30.0. The Kier molecular flexibility index (Phi) is 5.40. The topological polar surface area (TPSA) is 46.2 Å². The summed E-state index contributed by atoms with van der Waals surface area (Å²) < 4.78 is 0. The number of imide groups is 1. The van der Waals surface area contributed by atoms with Crippen LogP contribution in [-0.2, 0) is 15.0 Å². The second kappa shape index (κ2) is 8.08. The summed E-state index contributed by atoms with van der Waals surface area (Å²) in [5.74, 6) is -0.452. The molecule has 0 aliphatic carbocycles. The molecule has 0 spiro atoms. The molecule has 0 aliphatic rings. The van der Waals surface area contributed by atoms with Crippen LogP contribution in [0.1, 0.15) is 16.7 Å². The quantitative estimate of drug-likeness (QED) is 0.420. The molecule has 1 N–H and O–H groups in total. The Balaban J connectivity index is 2.28.